The van der Waals surface area contributed by atoms with Gasteiger partial charge in [0.15, 0.2) is 7.14 Å². The van der Waals surface area contributed by atoms with Crippen LogP contribution in [0.1, 0.15) is 20.8 Å². The molecule has 0 aliphatic heterocycles. The first-order valence-corrected chi connectivity index (χ1v) is 8.81. The Bertz CT molecular complexity index is 626. The van der Waals surface area contributed by atoms with Gasteiger partial charge >= 0.3 is 0 Å². The Balaban J connectivity index is 2.65. The van der Waals surface area contributed by atoms with Crippen LogP contribution in [0.2, 0.25) is 0 Å². The standard InChI is InChI=1S/C18H22NOP/c1-18(2,3)17(19)14-21(20,15-10-6-4-7-11-15)16-12-8-5-9-13-16/h4-14H,19H2,1-3H3/b17-14-. The summed E-state index contributed by atoms with van der Waals surface area (Å²) in [7, 11) is -2.86. The molecule has 0 atom stereocenters. The third kappa shape index (κ3) is 3.46. The molecule has 0 saturated heterocycles. The van der Waals surface area contributed by atoms with Crippen LogP contribution >= 0.6 is 7.14 Å². The minimum Gasteiger partial charge on any atom is -0.401 e. The van der Waals surface area contributed by atoms with Gasteiger partial charge in [0.1, 0.15) is 0 Å². The molecule has 0 fully saturated rings. The van der Waals surface area contributed by atoms with Crippen molar-refractivity contribution < 1.29 is 4.57 Å². The summed E-state index contributed by atoms with van der Waals surface area (Å²) >= 11 is 0. The molecule has 0 bridgehead atoms. The number of hydrogen-bond donors (Lipinski definition) is 1. The minimum atomic E-state index is -2.86. The van der Waals surface area contributed by atoms with Crippen LogP contribution in [0.15, 0.2) is 72.2 Å². The molecule has 2 aromatic carbocycles. The van der Waals surface area contributed by atoms with E-state index in [9.17, 15) is 4.57 Å². The quantitative estimate of drug-likeness (QED) is 0.875. The van der Waals surface area contributed by atoms with Crippen molar-refractivity contribution >= 4 is 17.8 Å². The SMILES string of the molecule is CC(C)(C)/C(N)=C/P(=O)(c1ccccc1)c1ccccc1. The fourth-order valence-corrected chi connectivity index (χ4v) is 4.59. The van der Waals surface area contributed by atoms with Gasteiger partial charge in [0.2, 0.25) is 0 Å². The molecular weight excluding hydrogens is 277 g/mol. The predicted octanol–water partition coefficient (Wildman–Crippen LogP) is 3.85. The van der Waals surface area contributed by atoms with E-state index in [1.807, 2.05) is 81.4 Å². The lowest BCUT2D eigenvalue weighted by Crippen LogP contribution is -2.20. The molecule has 2 N–H and O–H groups in total. The Hall–Kier alpha value is -1.79. The van der Waals surface area contributed by atoms with Gasteiger partial charge in [-0.25, -0.2) is 0 Å². The van der Waals surface area contributed by atoms with E-state index >= 15 is 0 Å². The largest absolute Gasteiger partial charge is 0.401 e. The first-order valence-electron chi connectivity index (χ1n) is 7.04. The molecule has 110 valence electrons. The van der Waals surface area contributed by atoms with Crippen molar-refractivity contribution in [1.82, 2.24) is 0 Å². The van der Waals surface area contributed by atoms with E-state index < -0.39 is 7.14 Å². The fraction of sp³-hybridized carbons (Fsp3) is 0.222. The summed E-state index contributed by atoms with van der Waals surface area (Å²) in [6.07, 6.45) is 0. The van der Waals surface area contributed by atoms with Crippen LogP contribution in [0.5, 0.6) is 0 Å². The molecule has 2 nitrogen and oxygen atoms in total. The van der Waals surface area contributed by atoms with Crippen molar-refractivity contribution in [2.75, 3.05) is 0 Å². The van der Waals surface area contributed by atoms with Gasteiger partial charge in [-0.3, -0.25) is 0 Å². The van der Waals surface area contributed by atoms with E-state index in [2.05, 4.69) is 0 Å². The lowest BCUT2D eigenvalue weighted by Gasteiger charge is -2.23. The molecule has 0 aliphatic carbocycles. The van der Waals surface area contributed by atoms with Gasteiger partial charge in [0.25, 0.3) is 0 Å². The van der Waals surface area contributed by atoms with Crippen molar-refractivity contribution in [3.63, 3.8) is 0 Å². The molecule has 2 rings (SSSR count). The summed E-state index contributed by atoms with van der Waals surface area (Å²) in [6, 6.07) is 19.1. The Kier molecular flexibility index (Phi) is 4.39. The number of allylic oxidation sites excluding steroid dienone is 1. The predicted molar refractivity (Wildman–Crippen MR) is 91.5 cm³/mol. The molecule has 0 aliphatic rings. The summed E-state index contributed by atoms with van der Waals surface area (Å²) in [5.74, 6) is 1.76. The van der Waals surface area contributed by atoms with Gasteiger partial charge in [0, 0.05) is 27.5 Å². The molecule has 3 heteroatoms. The van der Waals surface area contributed by atoms with Crippen molar-refractivity contribution in [1.29, 1.82) is 0 Å². The highest BCUT2D eigenvalue weighted by Crippen LogP contribution is 2.47. The number of benzene rings is 2. The highest BCUT2D eigenvalue weighted by molar-refractivity contribution is 7.81. The second-order valence-corrected chi connectivity index (χ2v) is 8.77. The Morgan fingerprint density at radius 3 is 1.62 bits per heavy atom. The Labute approximate surface area is 127 Å². The molecule has 0 radical (unpaired) electrons. The number of hydrogen-bond acceptors (Lipinski definition) is 2. The molecule has 0 spiro atoms. The van der Waals surface area contributed by atoms with Crippen LogP contribution in [-0.2, 0) is 4.57 Å². The zero-order valence-electron chi connectivity index (χ0n) is 12.8. The van der Waals surface area contributed by atoms with Crippen LogP contribution < -0.4 is 16.3 Å². The fourth-order valence-electron chi connectivity index (χ4n) is 1.99. The first kappa shape index (κ1) is 15.6. The summed E-state index contributed by atoms with van der Waals surface area (Å²) in [5, 5.41) is 1.62. The van der Waals surface area contributed by atoms with Crippen LogP contribution in [-0.4, -0.2) is 0 Å². The van der Waals surface area contributed by atoms with Crippen LogP contribution in [0, 0.1) is 5.41 Å². The molecule has 0 heterocycles. The van der Waals surface area contributed by atoms with Crippen molar-refractivity contribution in [2.45, 2.75) is 20.8 Å². The third-order valence-corrected chi connectivity index (χ3v) is 6.24. The Morgan fingerprint density at radius 2 is 1.29 bits per heavy atom. The monoisotopic (exact) mass is 299 g/mol. The molecule has 0 amide bonds. The van der Waals surface area contributed by atoms with Crippen molar-refractivity contribution in [2.24, 2.45) is 11.1 Å². The molecule has 2 aromatic rings. The van der Waals surface area contributed by atoms with Gasteiger partial charge in [-0.05, 0) is 0 Å². The smallest absolute Gasteiger partial charge is 0.165 e. The maximum absolute atomic E-state index is 13.7. The number of rotatable bonds is 3. The molecule has 0 unspecified atom stereocenters. The summed E-state index contributed by atoms with van der Waals surface area (Å²) in [6.45, 7) is 6.08. The van der Waals surface area contributed by atoms with Gasteiger partial charge in [0.05, 0.1) is 0 Å². The summed E-state index contributed by atoms with van der Waals surface area (Å²) in [5.41, 5.74) is 6.64. The van der Waals surface area contributed by atoms with Gasteiger partial charge in [-0.1, -0.05) is 81.4 Å². The molecule has 21 heavy (non-hydrogen) atoms. The van der Waals surface area contributed by atoms with Crippen molar-refractivity contribution in [3.05, 3.63) is 72.2 Å². The maximum atomic E-state index is 13.7. The lowest BCUT2D eigenvalue weighted by molar-refractivity contribution is 0.498. The second-order valence-electron chi connectivity index (χ2n) is 6.16. The average molecular weight is 299 g/mol. The van der Waals surface area contributed by atoms with E-state index in [4.69, 9.17) is 5.73 Å². The van der Waals surface area contributed by atoms with E-state index in [-0.39, 0.29) is 5.41 Å². The van der Waals surface area contributed by atoms with Crippen LogP contribution in [0.25, 0.3) is 0 Å². The van der Waals surface area contributed by atoms with Crippen molar-refractivity contribution in [3.8, 4) is 0 Å². The van der Waals surface area contributed by atoms with E-state index in [0.29, 0.717) is 5.70 Å². The topological polar surface area (TPSA) is 43.1 Å². The normalized spacial score (nSPS) is 13.2. The summed E-state index contributed by atoms with van der Waals surface area (Å²) < 4.78 is 13.7. The zero-order valence-corrected chi connectivity index (χ0v) is 13.7. The van der Waals surface area contributed by atoms with Crippen LogP contribution in [0.3, 0.4) is 0 Å². The van der Waals surface area contributed by atoms with Gasteiger partial charge < -0.3 is 10.3 Å². The second kappa shape index (κ2) is 5.91. The third-order valence-electron chi connectivity index (χ3n) is 3.47. The first-order chi connectivity index (χ1) is 9.84. The number of nitrogens with two attached hydrogens (primary N) is 1. The van der Waals surface area contributed by atoms with E-state index in [0.717, 1.165) is 10.6 Å². The lowest BCUT2D eigenvalue weighted by atomic mass is 9.94. The zero-order chi connectivity index (χ0) is 15.5. The highest BCUT2D eigenvalue weighted by Gasteiger charge is 2.27. The van der Waals surface area contributed by atoms with E-state index in [1.54, 1.807) is 5.82 Å². The molecule has 0 saturated carbocycles. The highest BCUT2D eigenvalue weighted by atomic mass is 31.2. The summed E-state index contributed by atoms with van der Waals surface area (Å²) in [4.78, 5) is 0. The minimum absolute atomic E-state index is 0.209. The van der Waals surface area contributed by atoms with Gasteiger partial charge in [-0.2, -0.15) is 0 Å². The molecular formula is C18H22NOP. The average Bonchev–Trinajstić information content (AvgIpc) is 2.48. The molecule has 0 aromatic heterocycles. The van der Waals surface area contributed by atoms with E-state index in [1.165, 1.54) is 0 Å². The van der Waals surface area contributed by atoms with Gasteiger partial charge in [-0.15, -0.1) is 0 Å². The Morgan fingerprint density at radius 1 is 0.905 bits per heavy atom. The maximum Gasteiger partial charge on any atom is 0.165 e. The van der Waals surface area contributed by atoms with Crippen LogP contribution in [0.4, 0.5) is 0 Å².